The highest BCUT2D eigenvalue weighted by atomic mass is 32.2. The highest BCUT2D eigenvalue weighted by molar-refractivity contribution is 7.84. The van der Waals surface area contributed by atoms with Crippen molar-refractivity contribution in [3.05, 3.63) is 42.0 Å². The van der Waals surface area contributed by atoms with Crippen LogP contribution in [0.5, 0.6) is 0 Å². The molecular weight excluding hydrogens is 362 g/mol. The highest BCUT2D eigenvalue weighted by Crippen LogP contribution is 2.35. The van der Waals surface area contributed by atoms with E-state index in [1.807, 2.05) is 0 Å². The third kappa shape index (κ3) is 3.20. The topological polar surface area (TPSA) is 124 Å². The van der Waals surface area contributed by atoms with Gasteiger partial charge in [-0.25, -0.2) is 4.31 Å². The first-order valence-electron chi connectivity index (χ1n) is 7.86. The number of β-lactam (4-membered cyclic amide) rings is 1. The molecule has 2 N–H and O–H groups in total. The van der Waals surface area contributed by atoms with Crippen LogP contribution >= 0.6 is 0 Å². The van der Waals surface area contributed by atoms with Crippen LogP contribution in [-0.2, 0) is 24.7 Å². The van der Waals surface area contributed by atoms with E-state index < -0.39 is 34.2 Å². The van der Waals surface area contributed by atoms with Gasteiger partial charge in [0.15, 0.2) is 0 Å². The number of carbonyl (C=O) groups excluding carboxylic acids is 3. The Kier molecular flexibility index (Phi) is 4.55. The fraction of sp³-hybridized carbons (Fsp3) is 0.312. The average molecular weight is 379 g/mol. The first-order chi connectivity index (χ1) is 12.2. The summed E-state index contributed by atoms with van der Waals surface area (Å²) in [5.74, 6) is -1.71. The Hall–Kier alpha value is -2.72. The van der Waals surface area contributed by atoms with E-state index in [9.17, 15) is 22.8 Å². The molecule has 2 aliphatic heterocycles. The molecule has 1 aromatic carbocycles. The summed E-state index contributed by atoms with van der Waals surface area (Å²) in [5.41, 5.74) is 0.899. The molecule has 2 fully saturated rings. The summed E-state index contributed by atoms with van der Waals surface area (Å²) in [6, 6.07) is 7.05. The first kappa shape index (κ1) is 18.1. The molecule has 2 atom stereocenters. The maximum atomic E-state index is 12.6. The maximum absolute atomic E-state index is 12.6. The molecule has 0 spiro atoms. The third-order valence-electron chi connectivity index (χ3n) is 4.33. The molecule has 0 unspecified atom stereocenters. The smallest absolute Gasteiger partial charge is 0.326 e. The molecule has 3 amide bonds. The lowest BCUT2D eigenvalue weighted by Gasteiger charge is -2.42. The van der Waals surface area contributed by atoms with Gasteiger partial charge in [-0.2, -0.15) is 8.42 Å². The Morgan fingerprint density at radius 3 is 2.50 bits per heavy atom. The molecule has 2 heterocycles. The lowest BCUT2D eigenvalue weighted by Crippen LogP contribution is -2.68. The van der Waals surface area contributed by atoms with E-state index >= 15 is 0 Å². The second-order valence-corrected chi connectivity index (χ2v) is 7.34. The first-order valence-corrected chi connectivity index (χ1v) is 9.26. The van der Waals surface area contributed by atoms with Crippen molar-refractivity contribution in [3.8, 4) is 0 Å². The van der Waals surface area contributed by atoms with E-state index in [-0.39, 0.29) is 24.6 Å². The van der Waals surface area contributed by atoms with Gasteiger partial charge in [0, 0.05) is 19.5 Å². The summed E-state index contributed by atoms with van der Waals surface area (Å²) >= 11 is 0. The quantitative estimate of drug-likeness (QED) is 0.423. The molecule has 1 aromatic rings. The standard InChI is InChI=1S/C16H17N3O6S/c1-10(20)17-12(11-5-3-2-4-6-11)9-14(21)18-8-7-13-15(18)16(22)19(13)26(23,24)25/h2-6,9,13,15H,7-8H2,1H3,(H,17,20)(H,23,24,25)/t13-,15+/m1/s1. The number of nitrogens with zero attached hydrogens (tertiary/aromatic N) is 2. The fourth-order valence-electron chi connectivity index (χ4n) is 3.27. The normalized spacial score (nSPS) is 22.7. The molecule has 2 saturated heterocycles. The molecule has 0 bridgehead atoms. The van der Waals surface area contributed by atoms with Crippen LogP contribution in [0.2, 0.25) is 0 Å². The Balaban J connectivity index is 1.84. The van der Waals surface area contributed by atoms with Crippen LogP contribution in [0, 0.1) is 0 Å². The molecule has 2 aliphatic rings. The minimum absolute atomic E-state index is 0.171. The molecule has 0 radical (unpaired) electrons. The predicted octanol–water partition coefficient (Wildman–Crippen LogP) is -0.222. The number of benzene rings is 1. The molecule has 10 heteroatoms. The number of fused-ring (bicyclic) bond motifs is 1. The molecular formula is C16H17N3O6S. The SMILES string of the molecule is CC(=O)NC(=CC(=O)N1CC[C@@H]2[C@H]1C(=O)N2S(=O)(=O)O)c1ccccc1. The van der Waals surface area contributed by atoms with E-state index in [0.717, 1.165) is 0 Å². The minimum Gasteiger partial charge on any atom is -0.326 e. The minimum atomic E-state index is -4.63. The average Bonchev–Trinajstić information content (AvgIpc) is 2.92. The van der Waals surface area contributed by atoms with E-state index in [1.165, 1.54) is 17.9 Å². The van der Waals surface area contributed by atoms with Crippen LogP contribution < -0.4 is 5.32 Å². The number of amides is 3. The summed E-state index contributed by atoms with van der Waals surface area (Å²) in [4.78, 5) is 37.3. The van der Waals surface area contributed by atoms with Gasteiger partial charge in [0.1, 0.15) is 6.04 Å². The van der Waals surface area contributed by atoms with Gasteiger partial charge in [-0.3, -0.25) is 18.9 Å². The summed E-state index contributed by atoms with van der Waals surface area (Å²) in [5, 5.41) is 2.58. The largest absolute Gasteiger partial charge is 0.362 e. The zero-order valence-electron chi connectivity index (χ0n) is 13.8. The van der Waals surface area contributed by atoms with Crippen molar-refractivity contribution in [1.82, 2.24) is 14.5 Å². The number of nitrogens with one attached hydrogen (secondary N) is 1. The number of hydrogen-bond donors (Lipinski definition) is 2. The Bertz CT molecular complexity index is 896. The van der Waals surface area contributed by atoms with Crippen LogP contribution in [-0.4, -0.2) is 58.5 Å². The van der Waals surface area contributed by atoms with Crippen molar-refractivity contribution in [2.75, 3.05) is 6.54 Å². The van der Waals surface area contributed by atoms with Crippen LogP contribution in [0.25, 0.3) is 5.70 Å². The lowest BCUT2D eigenvalue weighted by molar-refractivity contribution is -0.149. The van der Waals surface area contributed by atoms with Crippen LogP contribution in [0.3, 0.4) is 0 Å². The van der Waals surface area contributed by atoms with Gasteiger partial charge in [-0.05, 0) is 12.0 Å². The lowest BCUT2D eigenvalue weighted by atomic mass is 10.00. The summed E-state index contributed by atoms with van der Waals surface area (Å²) in [6.07, 6.45) is 1.46. The maximum Gasteiger partial charge on any atom is 0.362 e. The molecule has 3 rings (SSSR count). The van der Waals surface area contributed by atoms with E-state index in [4.69, 9.17) is 4.55 Å². The van der Waals surface area contributed by atoms with Crippen LogP contribution in [0.4, 0.5) is 0 Å². The van der Waals surface area contributed by atoms with Crippen molar-refractivity contribution in [3.63, 3.8) is 0 Å². The zero-order chi connectivity index (χ0) is 19.1. The summed E-state index contributed by atoms with van der Waals surface area (Å²) < 4.78 is 31.9. The van der Waals surface area contributed by atoms with Crippen molar-refractivity contribution in [2.24, 2.45) is 0 Å². The van der Waals surface area contributed by atoms with Gasteiger partial charge < -0.3 is 10.2 Å². The molecule has 9 nitrogen and oxygen atoms in total. The monoisotopic (exact) mass is 379 g/mol. The second-order valence-electron chi connectivity index (χ2n) is 6.05. The summed E-state index contributed by atoms with van der Waals surface area (Å²) in [7, 11) is -4.63. The van der Waals surface area contributed by atoms with Gasteiger partial charge in [-0.1, -0.05) is 30.3 Å². The molecule has 0 aliphatic carbocycles. The number of rotatable bonds is 4. The van der Waals surface area contributed by atoms with Crippen LogP contribution in [0.1, 0.15) is 18.9 Å². The van der Waals surface area contributed by atoms with Crippen molar-refractivity contribution in [1.29, 1.82) is 0 Å². The number of hydrogen-bond acceptors (Lipinski definition) is 5. The van der Waals surface area contributed by atoms with Gasteiger partial charge in [-0.15, -0.1) is 0 Å². The summed E-state index contributed by atoms with van der Waals surface area (Å²) in [6.45, 7) is 1.48. The number of carbonyl (C=O) groups is 3. The predicted molar refractivity (Wildman–Crippen MR) is 90.5 cm³/mol. The fourth-order valence-corrected chi connectivity index (χ4v) is 4.17. The van der Waals surface area contributed by atoms with Gasteiger partial charge in [0.25, 0.3) is 5.91 Å². The highest BCUT2D eigenvalue weighted by Gasteiger charge is 2.59. The Morgan fingerprint density at radius 2 is 1.92 bits per heavy atom. The Labute approximate surface area is 150 Å². The van der Waals surface area contributed by atoms with Gasteiger partial charge in [0.2, 0.25) is 11.8 Å². The number of likely N-dealkylation sites (tertiary alicyclic amines) is 1. The molecule has 0 aromatic heterocycles. The van der Waals surface area contributed by atoms with Gasteiger partial charge in [0.05, 0.1) is 11.7 Å². The van der Waals surface area contributed by atoms with E-state index in [1.54, 1.807) is 30.3 Å². The van der Waals surface area contributed by atoms with Crippen molar-refractivity contribution >= 4 is 33.7 Å². The van der Waals surface area contributed by atoms with E-state index in [2.05, 4.69) is 5.32 Å². The zero-order valence-corrected chi connectivity index (χ0v) is 14.6. The molecule has 138 valence electrons. The molecule has 0 saturated carbocycles. The van der Waals surface area contributed by atoms with Crippen molar-refractivity contribution in [2.45, 2.75) is 25.4 Å². The van der Waals surface area contributed by atoms with Gasteiger partial charge >= 0.3 is 10.3 Å². The second kappa shape index (κ2) is 6.54. The van der Waals surface area contributed by atoms with Crippen LogP contribution in [0.15, 0.2) is 36.4 Å². The van der Waals surface area contributed by atoms with E-state index in [0.29, 0.717) is 9.87 Å². The molecule has 26 heavy (non-hydrogen) atoms. The Morgan fingerprint density at radius 1 is 1.27 bits per heavy atom. The van der Waals surface area contributed by atoms with Crippen molar-refractivity contribution < 1.29 is 27.4 Å². The third-order valence-corrected chi connectivity index (χ3v) is 5.28.